The van der Waals surface area contributed by atoms with Gasteiger partial charge in [-0.15, -0.1) is 21.5 Å². The van der Waals surface area contributed by atoms with Gasteiger partial charge in [0.05, 0.1) is 17.9 Å². The first kappa shape index (κ1) is 26.7. The number of benzene rings is 2. The highest BCUT2D eigenvalue weighted by Gasteiger charge is 2.25. The summed E-state index contributed by atoms with van der Waals surface area (Å²) in [4.78, 5) is 26.5. The van der Waals surface area contributed by atoms with E-state index in [9.17, 15) is 9.59 Å². The van der Waals surface area contributed by atoms with Crippen molar-refractivity contribution in [3.8, 4) is 16.9 Å². The number of rotatable bonds is 10. The fourth-order valence-corrected chi connectivity index (χ4v) is 5.82. The normalized spacial score (nSPS) is 10.8. The molecule has 0 atom stereocenters. The first-order valence-corrected chi connectivity index (χ1v) is 13.6. The molecule has 37 heavy (non-hydrogen) atoms. The highest BCUT2D eigenvalue weighted by molar-refractivity contribution is 7.99. The lowest BCUT2D eigenvalue weighted by Crippen LogP contribution is -2.16. The molecule has 0 bridgehead atoms. The molecule has 1 amide bonds. The number of methoxy groups -OCH3 is 1. The number of thioether (sulfide) groups is 1. The molecule has 11 heteroatoms. The number of nitrogens with zero attached hydrogens (tertiary/aromatic N) is 3. The fourth-order valence-electron chi connectivity index (χ4n) is 3.73. The molecule has 2 heterocycles. The van der Waals surface area contributed by atoms with Crippen LogP contribution in [0, 0.1) is 6.92 Å². The first-order chi connectivity index (χ1) is 17.9. The maximum Gasteiger partial charge on any atom is 0.341 e. The molecule has 1 N–H and O–H groups in total. The quantitative estimate of drug-likeness (QED) is 0.187. The average Bonchev–Trinajstić information content (AvgIpc) is 3.46. The van der Waals surface area contributed by atoms with Gasteiger partial charge in [-0.3, -0.25) is 4.79 Å². The number of hydrogen-bond acceptors (Lipinski definition) is 8. The number of carbonyl (C=O) groups is 2. The lowest BCUT2D eigenvalue weighted by molar-refractivity contribution is -0.113. The van der Waals surface area contributed by atoms with Crippen molar-refractivity contribution < 1.29 is 19.1 Å². The van der Waals surface area contributed by atoms with E-state index in [1.165, 1.54) is 30.2 Å². The van der Waals surface area contributed by atoms with E-state index in [4.69, 9.17) is 21.1 Å². The van der Waals surface area contributed by atoms with Gasteiger partial charge in [0.25, 0.3) is 0 Å². The molecule has 2 aromatic heterocycles. The second kappa shape index (κ2) is 12.3. The van der Waals surface area contributed by atoms with E-state index in [-0.39, 0.29) is 18.3 Å². The Hall–Kier alpha value is -3.34. The van der Waals surface area contributed by atoms with E-state index < -0.39 is 5.97 Å². The second-order valence-electron chi connectivity index (χ2n) is 7.79. The van der Waals surface area contributed by atoms with Gasteiger partial charge in [-0.05, 0) is 31.5 Å². The van der Waals surface area contributed by atoms with Gasteiger partial charge >= 0.3 is 5.97 Å². The fraction of sp³-hybridized carbons (Fsp3) is 0.231. The SMILES string of the molecule is CCn1c(COc2ccccc2Cl)nnc1SCC(=O)Nc1sc(C)c(-c2ccccc2)c1C(=O)OC. The molecule has 0 aliphatic rings. The van der Waals surface area contributed by atoms with Crippen molar-refractivity contribution in [2.75, 3.05) is 18.2 Å². The van der Waals surface area contributed by atoms with Crippen LogP contribution < -0.4 is 10.1 Å². The smallest absolute Gasteiger partial charge is 0.341 e. The van der Waals surface area contributed by atoms with E-state index in [0.29, 0.717) is 38.9 Å². The molecule has 4 aromatic rings. The molecule has 0 saturated heterocycles. The minimum Gasteiger partial charge on any atom is -0.484 e. The number of aromatic nitrogens is 3. The Morgan fingerprint density at radius 3 is 2.54 bits per heavy atom. The monoisotopic (exact) mass is 556 g/mol. The standard InChI is InChI=1S/C26H25ClN4O4S2/c1-4-31-20(14-35-19-13-9-8-12-18(19)27)29-30-26(31)36-15-21(32)28-24-23(25(33)34-3)22(16(2)37-24)17-10-6-5-7-11-17/h5-13H,4,14-15H2,1-3H3,(H,28,32). The van der Waals surface area contributed by atoms with Crippen molar-refractivity contribution in [2.24, 2.45) is 0 Å². The second-order valence-corrected chi connectivity index (χ2v) is 10.4. The summed E-state index contributed by atoms with van der Waals surface area (Å²) in [5, 5.41) is 12.9. The maximum atomic E-state index is 12.9. The average molecular weight is 557 g/mol. The van der Waals surface area contributed by atoms with E-state index in [2.05, 4.69) is 15.5 Å². The molecule has 8 nitrogen and oxygen atoms in total. The number of thiophene rings is 1. The molecule has 0 aliphatic heterocycles. The zero-order valence-corrected chi connectivity index (χ0v) is 22.9. The Balaban J connectivity index is 1.45. The zero-order valence-electron chi connectivity index (χ0n) is 20.5. The highest BCUT2D eigenvalue weighted by atomic mass is 35.5. The molecule has 192 valence electrons. The molecule has 0 radical (unpaired) electrons. The minimum absolute atomic E-state index is 0.0851. The number of halogens is 1. The van der Waals surface area contributed by atoms with Crippen LogP contribution in [0.5, 0.6) is 5.75 Å². The first-order valence-electron chi connectivity index (χ1n) is 11.4. The van der Waals surface area contributed by atoms with Crippen molar-refractivity contribution in [2.45, 2.75) is 32.2 Å². The Bertz CT molecular complexity index is 1410. The molecule has 4 rings (SSSR count). The topological polar surface area (TPSA) is 95.3 Å². The molecule has 0 fully saturated rings. The summed E-state index contributed by atoms with van der Waals surface area (Å²) in [6.07, 6.45) is 0. The van der Waals surface area contributed by atoms with Gasteiger partial charge in [0.2, 0.25) is 5.91 Å². The summed E-state index contributed by atoms with van der Waals surface area (Å²) < 4.78 is 12.7. The number of ether oxygens (including phenoxy) is 2. The molecular weight excluding hydrogens is 532 g/mol. The van der Waals surface area contributed by atoms with Crippen LogP contribution in [-0.4, -0.2) is 39.5 Å². The molecule has 0 unspecified atom stereocenters. The number of amides is 1. The summed E-state index contributed by atoms with van der Waals surface area (Å²) in [6.45, 7) is 4.68. The van der Waals surface area contributed by atoms with Crippen molar-refractivity contribution >= 4 is 51.6 Å². The van der Waals surface area contributed by atoms with Crippen molar-refractivity contribution in [1.82, 2.24) is 14.8 Å². The predicted octanol–water partition coefficient (Wildman–Crippen LogP) is 6.08. The number of esters is 1. The molecule has 2 aromatic carbocycles. The van der Waals surface area contributed by atoms with E-state index in [0.717, 1.165) is 16.0 Å². The molecule has 0 saturated carbocycles. The Morgan fingerprint density at radius 2 is 1.84 bits per heavy atom. The van der Waals surface area contributed by atoms with Crippen LogP contribution in [0.3, 0.4) is 0 Å². The van der Waals surface area contributed by atoms with Crippen LogP contribution in [-0.2, 0) is 22.7 Å². The van der Waals surface area contributed by atoms with Gasteiger partial charge < -0.3 is 19.4 Å². The van der Waals surface area contributed by atoms with Crippen molar-refractivity contribution in [1.29, 1.82) is 0 Å². The van der Waals surface area contributed by atoms with Gasteiger partial charge in [0.15, 0.2) is 11.0 Å². The number of nitrogens with one attached hydrogen (secondary N) is 1. The van der Waals surface area contributed by atoms with Gasteiger partial charge in [-0.2, -0.15) is 0 Å². The lowest BCUT2D eigenvalue weighted by atomic mass is 10.0. The summed E-state index contributed by atoms with van der Waals surface area (Å²) in [6, 6.07) is 16.8. The van der Waals surface area contributed by atoms with Gasteiger partial charge in [-0.25, -0.2) is 4.79 Å². The minimum atomic E-state index is -0.500. The molecule has 0 aliphatic carbocycles. The van der Waals surface area contributed by atoms with Crippen LogP contribution in [0.25, 0.3) is 11.1 Å². The lowest BCUT2D eigenvalue weighted by Gasteiger charge is -2.10. The van der Waals surface area contributed by atoms with E-state index in [1.807, 2.05) is 60.9 Å². The number of para-hydroxylation sites is 1. The summed E-state index contributed by atoms with van der Waals surface area (Å²) in [7, 11) is 1.33. The maximum absolute atomic E-state index is 12.9. The number of aryl methyl sites for hydroxylation is 1. The van der Waals surface area contributed by atoms with Crippen molar-refractivity contribution in [3.05, 3.63) is 75.9 Å². The van der Waals surface area contributed by atoms with Crippen LogP contribution in [0.15, 0.2) is 59.8 Å². The van der Waals surface area contributed by atoms with Crippen molar-refractivity contribution in [3.63, 3.8) is 0 Å². The van der Waals surface area contributed by atoms with Gasteiger partial charge in [0.1, 0.15) is 22.9 Å². The van der Waals surface area contributed by atoms with E-state index >= 15 is 0 Å². The molecular formula is C26H25ClN4O4S2. The van der Waals surface area contributed by atoms with Gasteiger partial charge in [-0.1, -0.05) is 65.8 Å². The Labute approximate surface area is 228 Å². The Kier molecular flexibility index (Phi) is 8.86. The third kappa shape index (κ3) is 6.15. The van der Waals surface area contributed by atoms with Crippen LogP contribution >= 0.6 is 34.7 Å². The summed E-state index contributed by atoms with van der Waals surface area (Å²) in [5.41, 5.74) is 1.99. The van der Waals surface area contributed by atoms with Crippen LogP contribution in [0.4, 0.5) is 5.00 Å². The summed E-state index contributed by atoms with van der Waals surface area (Å²) in [5.74, 6) is 0.503. The van der Waals surface area contributed by atoms with E-state index in [1.54, 1.807) is 12.1 Å². The summed E-state index contributed by atoms with van der Waals surface area (Å²) >= 11 is 8.76. The highest BCUT2D eigenvalue weighted by Crippen LogP contribution is 2.40. The number of carbonyl (C=O) groups excluding carboxylic acids is 2. The van der Waals surface area contributed by atoms with Crippen LogP contribution in [0.2, 0.25) is 5.02 Å². The van der Waals surface area contributed by atoms with Crippen LogP contribution in [0.1, 0.15) is 28.0 Å². The predicted molar refractivity (Wildman–Crippen MR) is 147 cm³/mol. The molecule has 0 spiro atoms. The third-order valence-electron chi connectivity index (χ3n) is 5.42. The van der Waals surface area contributed by atoms with Gasteiger partial charge in [0, 0.05) is 17.0 Å². The Morgan fingerprint density at radius 1 is 1.11 bits per heavy atom. The third-order valence-corrected chi connectivity index (χ3v) is 7.72. The zero-order chi connectivity index (χ0) is 26.4. The largest absolute Gasteiger partial charge is 0.484 e. The number of anilines is 1. The number of hydrogen-bond donors (Lipinski definition) is 1.